The number of aliphatic hydroxyl groups is 1. The Morgan fingerprint density at radius 1 is 1.23 bits per heavy atom. The fourth-order valence-electron chi connectivity index (χ4n) is 1.49. The van der Waals surface area contributed by atoms with Crippen molar-refractivity contribution >= 4 is 10.9 Å². The minimum absolute atomic E-state index is 0.437. The van der Waals surface area contributed by atoms with Crippen LogP contribution in [-0.2, 0) is 0 Å². The molecule has 0 saturated heterocycles. The van der Waals surface area contributed by atoms with Gasteiger partial charge in [0, 0.05) is 11.6 Å². The first-order valence-corrected chi connectivity index (χ1v) is 4.31. The summed E-state index contributed by atoms with van der Waals surface area (Å²) in [5.41, 5.74) is 1.87. The molecule has 1 aromatic carbocycles. The standard InChI is InChI=1S/C11H11NO/c1-8(13)9-4-2-6-11-10(9)5-3-7-12-11/h2-8,13H,1H3. The molecule has 0 aliphatic carbocycles. The highest BCUT2D eigenvalue weighted by molar-refractivity contribution is 5.82. The van der Waals surface area contributed by atoms with Crippen molar-refractivity contribution in [2.75, 3.05) is 0 Å². The topological polar surface area (TPSA) is 33.1 Å². The van der Waals surface area contributed by atoms with Gasteiger partial charge in [0.1, 0.15) is 0 Å². The molecule has 0 saturated carbocycles. The van der Waals surface area contributed by atoms with Gasteiger partial charge in [0.2, 0.25) is 0 Å². The number of hydrogen-bond acceptors (Lipinski definition) is 2. The average molecular weight is 173 g/mol. The maximum atomic E-state index is 9.49. The lowest BCUT2D eigenvalue weighted by Crippen LogP contribution is -1.92. The summed E-state index contributed by atoms with van der Waals surface area (Å²) in [5, 5.41) is 10.5. The molecule has 1 unspecified atom stereocenters. The average Bonchev–Trinajstić information content (AvgIpc) is 2.17. The second-order valence-corrected chi connectivity index (χ2v) is 3.09. The van der Waals surface area contributed by atoms with Crippen LogP contribution < -0.4 is 0 Å². The largest absolute Gasteiger partial charge is 0.389 e. The molecule has 2 rings (SSSR count). The van der Waals surface area contributed by atoms with Gasteiger partial charge in [-0.2, -0.15) is 0 Å². The summed E-state index contributed by atoms with van der Waals surface area (Å²) in [4.78, 5) is 4.21. The van der Waals surface area contributed by atoms with Crippen molar-refractivity contribution in [3.8, 4) is 0 Å². The molecule has 1 atom stereocenters. The molecule has 66 valence electrons. The summed E-state index contributed by atoms with van der Waals surface area (Å²) < 4.78 is 0. The van der Waals surface area contributed by atoms with Gasteiger partial charge in [-0.25, -0.2) is 0 Å². The SMILES string of the molecule is CC(O)c1cccc2ncccc12. The minimum atomic E-state index is -0.437. The first-order chi connectivity index (χ1) is 6.29. The van der Waals surface area contributed by atoms with E-state index in [-0.39, 0.29) is 0 Å². The molecule has 0 radical (unpaired) electrons. The second-order valence-electron chi connectivity index (χ2n) is 3.09. The Bertz CT molecular complexity index is 418. The Kier molecular flexibility index (Phi) is 1.99. The smallest absolute Gasteiger partial charge is 0.0768 e. The van der Waals surface area contributed by atoms with E-state index in [4.69, 9.17) is 0 Å². The third-order valence-corrected chi connectivity index (χ3v) is 2.13. The molecule has 0 amide bonds. The molecule has 1 N–H and O–H groups in total. The summed E-state index contributed by atoms with van der Waals surface area (Å²) in [5.74, 6) is 0. The molecule has 2 heteroatoms. The number of hydrogen-bond donors (Lipinski definition) is 1. The van der Waals surface area contributed by atoms with E-state index in [0.717, 1.165) is 16.5 Å². The van der Waals surface area contributed by atoms with Gasteiger partial charge in [-0.1, -0.05) is 18.2 Å². The van der Waals surface area contributed by atoms with E-state index in [1.54, 1.807) is 13.1 Å². The van der Waals surface area contributed by atoms with Crippen molar-refractivity contribution in [2.24, 2.45) is 0 Å². The molecule has 13 heavy (non-hydrogen) atoms. The number of aliphatic hydroxyl groups excluding tert-OH is 1. The number of rotatable bonds is 1. The molecular formula is C11H11NO. The van der Waals surface area contributed by atoms with Gasteiger partial charge in [0.15, 0.2) is 0 Å². The van der Waals surface area contributed by atoms with Crippen LogP contribution in [0, 0.1) is 0 Å². The van der Waals surface area contributed by atoms with E-state index < -0.39 is 6.10 Å². The highest BCUT2D eigenvalue weighted by atomic mass is 16.3. The molecule has 0 aliphatic heterocycles. The third-order valence-electron chi connectivity index (χ3n) is 2.13. The van der Waals surface area contributed by atoms with Crippen LogP contribution in [0.15, 0.2) is 36.5 Å². The summed E-state index contributed by atoms with van der Waals surface area (Å²) >= 11 is 0. The van der Waals surface area contributed by atoms with Crippen molar-refractivity contribution in [2.45, 2.75) is 13.0 Å². The highest BCUT2D eigenvalue weighted by Gasteiger charge is 2.04. The van der Waals surface area contributed by atoms with Gasteiger partial charge in [-0.05, 0) is 24.6 Å². The van der Waals surface area contributed by atoms with Crippen LogP contribution in [-0.4, -0.2) is 10.1 Å². The monoisotopic (exact) mass is 173 g/mol. The fourth-order valence-corrected chi connectivity index (χ4v) is 1.49. The molecule has 0 aliphatic rings. The summed E-state index contributed by atoms with van der Waals surface area (Å²) in [6.45, 7) is 1.77. The zero-order chi connectivity index (χ0) is 9.26. The highest BCUT2D eigenvalue weighted by Crippen LogP contribution is 2.21. The van der Waals surface area contributed by atoms with Crippen LogP contribution in [0.1, 0.15) is 18.6 Å². The predicted molar refractivity (Wildman–Crippen MR) is 52.4 cm³/mol. The number of aromatic nitrogens is 1. The summed E-state index contributed by atoms with van der Waals surface area (Å²) in [6, 6.07) is 9.64. The Morgan fingerprint density at radius 2 is 2.08 bits per heavy atom. The first kappa shape index (κ1) is 8.20. The number of nitrogens with zero attached hydrogens (tertiary/aromatic N) is 1. The Morgan fingerprint density at radius 3 is 2.85 bits per heavy atom. The van der Waals surface area contributed by atoms with Crippen LogP contribution >= 0.6 is 0 Å². The van der Waals surface area contributed by atoms with Crippen molar-refractivity contribution in [3.05, 3.63) is 42.1 Å². The maximum Gasteiger partial charge on any atom is 0.0768 e. The Labute approximate surface area is 76.9 Å². The van der Waals surface area contributed by atoms with E-state index in [1.165, 1.54) is 0 Å². The van der Waals surface area contributed by atoms with Gasteiger partial charge in [0.25, 0.3) is 0 Å². The van der Waals surface area contributed by atoms with Crippen molar-refractivity contribution < 1.29 is 5.11 Å². The number of pyridine rings is 1. The molecule has 2 nitrogen and oxygen atoms in total. The van der Waals surface area contributed by atoms with Gasteiger partial charge >= 0.3 is 0 Å². The van der Waals surface area contributed by atoms with E-state index in [0.29, 0.717) is 0 Å². The van der Waals surface area contributed by atoms with E-state index in [2.05, 4.69) is 4.98 Å². The van der Waals surface area contributed by atoms with E-state index >= 15 is 0 Å². The molecule has 0 spiro atoms. The third kappa shape index (κ3) is 1.40. The lowest BCUT2D eigenvalue weighted by Gasteiger charge is -2.07. The van der Waals surface area contributed by atoms with Crippen molar-refractivity contribution in [1.82, 2.24) is 4.98 Å². The Balaban J connectivity index is 2.76. The Hall–Kier alpha value is -1.41. The fraction of sp³-hybridized carbons (Fsp3) is 0.182. The van der Waals surface area contributed by atoms with Crippen LogP contribution in [0.5, 0.6) is 0 Å². The van der Waals surface area contributed by atoms with E-state index in [9.17, 15) is 5.11 Å². The van der Waals surface area contributed by atoms with Gasteiger partial charge < -0.3 is 5.11 Å². The summed E-state index contributed by atoms with van der Waals surface area (Å²) in [7, 11) is 0. The molecule has 2 aromatic rings. The lowest BCUT2D eigenvalue weighted by atomic mass is 10.0. The normalized spacial score (nSPS) is 13.1. The number of fused-ring (bicyclic) bond motifs is 1. The first-order valence-electron chi connectivity index (χ1n) is 4.31. The predicted octanol–water partition coefficient (Wildman–Crippen LogP) is 2.29. The summed E-state index contributed by atoms with van der Waals surface area (Å²) in [6.07, 6.45) is 1.32. The lowest BCUT2D eigenvalue weighted by molar-refractivity contribution is 0.201. The van der Waals surface area contributed by atoms with Crippen molar-refractivity contribution in [3.63, 3.8) is 0 Å². The van der Waals surface area contributed by atoms with E-state index in [1.807, 2.05) is 30.3 Å². The van der Waals surface area contributed by atoms with Crippen molar-refractivity contribution in [1.29, 1.82) is 0 Å². The van der Waals surface area contributed by atoms with Gasteiger partial charge in [0.05, 0.1) is 11.6 Å². The second kappa shape index (κ2) is 3.15. The molecular weight excluding hydrogens is 162 g/mol. The van der Waals surface area contributed by atoms with Gasteiger partial charge in [-0.15, -0.1) is 0 Å². The number of benzene rings is 1. The van der Waals surface area contributed by atoms with Crippen LogP contribution in [0.25, 0.3) is 10.9 Å². The van der Waals surface area contributed by atoms with Crippen LogP contribution in [0.4, 0.5) is 0 Å². The molecule has 0 bridgehead atoms. The zero-order valence-electron chi connectivity index (χ0n) is 7.44. The molecule has 1 heterocycles. The van der Waals surface area contributed by atoms with Crippen LogP contribution in [0.2, 0.25) is 0 Å². The maximum absolute atomic E-state index is 9.49. The van der Waals surface area contributed by atoms with Crippen LogP contribution in [0.3, 0.4) is 0 Å². The quantitative estimate of drug-likeness (QED) is 0.717. The van der Waals surface area contributed by atoms with Gasteiger partial charge in [-0.3, -0.25) is 4.98 Å². The minimum Gasteiger partial charge on any atom is -0.389 e. The molecule has 0 fully saturated rings. The molecule has 1 aromatic heterocycles. The zero-order valence-corrected chi connectivity index (χ0v) is 7.44.